The van der Waals surface area contributed by atoms with E-state index in [9.17, 15) is 0 Å². The van der Waals surface area contributed by atoms with Gasteiger partial charge < -0.3 is 4.90 Å². The van der Waals surface area contributed by atoms with Crippen molar-refractivity contribution < 1.29 is 0 Å². The first kappa shape index (κ1) is 12.9. The first-order valence-electron chi connectivity index (χ1n) is 7.89. The molecule has 3 aliphatic rings. The number of rotatable bonds is 2. The Morgan fingerprint density at radius 1 is 0.722 bits per heavy atom. The summed E-state index contributed by atoms with van der Waals surface area (Å²) in [4.78, 5) is 7.97. The molecule has 0 spiro atoms. The average Bonchev–Trinajstić information content (AvgIpc) is 2.32. The van der Waals surface area contributed by atoms with Crippen LogP contribution in [0.2, 0.25) is 0 Å². The molecule has 0 radical (unpaired) electrons. The Labute approximate surface area is 112 Å². The molecule has 0 unspecified atom stereocenters. The number of hydrogen-bond donors (Lipinski definition) is 0. The Morgan fingerprint density at radius 2 is 1.33 bits per heavy atom. The molecule has 3 fully saturated rings. The van der Waals surface area contributed by atoms with Gasteiger partial charge in [0, 0.05) is 25.2 Å². The first-order valence-corrected chi connectivity index (χ1v) is 7.89. The van der Waals surface area contributed by atoms with Gasteiger partial charge in [0.25, 0.3) is 0 Å². The van der Waals surface area contributed by atoms with Crippen LogP contribution < -0.4 is 0 Å². The fraction of sp³-hybridized carbons (Fsp3) is 1.00. The van der Waals surface area contributed by atoms with Gasteiger partial charge in [0.05, 0.1) is 0 Å². The van der Waals surface area contributed by atoms with Crippen LogP contribution in [0.25, 0.3) is 0 Å². The molecule has 0 aromatic heterocycles. The highest BCUT2D eigenvalue weighted by molar-refractivity contribution is 4.94. The molecule has 0 saturated carbocycles. The zero-order valence-electron chi connectivity index (χ0n) is 12.1. The van der Waals surface area contributed by atoms with Gasteiger partial charge >= 0.3 is 0 Å². The van der Waals surface area contributed by atoms with Crippen molar-refractivity contribution in [1.29, 1.82) is 0 Å². The second-order valence-electron chi connectivity index (χ2n) is 6.86. The summed E-state index contributed by atoms with van der Waals surface area (Å²) in [7, 11) is 2.25. The lowest BCUT2D eigenvalue weighted by molar-refractivity contribution is -0.0228. The molecule has 3 saturated heterocycles. The van der Waals surface area contributed by atoms with Gasteiger partial charge in [-0.05, 0) is 64.8 Å². The van der Waals surface area contributed by atoms with Crippen LogP contribution in [-0.4, -0.2) is 73.1 Å². The van der Waals surface area contributed by atoms with E-state index in [1.165, 1.54) is 65.0 Å². The number of piperidine rings is 2. The van der Waals surface area contributed by atoms with E-state index in [1.54, 1.807) is 0 Å². The van der Waals surface area contributed by atoms with E-state index in [0.717, 1.165) is 18.0 Å². The molecule has 0 amide bonds. The van der Waals surface area contributed by atoms with Crippen LogP contribution in [-0.2, 0) is 0 Å². The Hall–Kier alpha value is -0.120. The summed E-state index contributed by atoms with van der Waals surface area (Å²) in [5.41, 5.74) is 0. The van der Waals surface area contributed by atoms with Gasteiger partial charge in [0.1, 0.15) is 0 Å². The van der Waals surface area contributed by atoms with Crippen LogP contribution in [0.4, 0.5) is 0 Å². The molecule has 3 nitrogen and oxygen atoms in total. The van der Waals surface area contributed by atoms with Gasteiger partial charge in [0.2, 0.25) is 0 Å². The van der Waals surface area contributed by atoms with Gasteiger partial charge in [-0.15, -0.1) is 0 Å². The normalized spacial score (nSPS) is 31.7. The molecule has 0 aromatic rings. The summed E-state index contributed by atoms with van der Waals surface area (Å²) in [5, 5.41) is 0. The molecule has 3 aliphatic heterocycles. The zero-order valence-corrected chi connectivity index (χ0v) is 12.1. The Bertz CT molecular complexity index is 233. The van der Waals surface area contributed by atoms with Crippen molar-refractivity contribution in [3.8, 4) is 0 Å². The van der Waals surface area contributed by atoms with E-state index < -0.39 is 0 Å². The minimum Gasteiger partial charge on any atom is -0.306 e. The SMILES string of the molecule is CC1CCN(C2CN(C3CCN(C)CC3)C2)CC1. The monoisotopic (exact) mass is 251 g/mol. The summed E-state index contributed by atoms with van der Waals surface area (Å²) < 4.78 is 0. The van der Waals surface area contributed by atoms with Crippen LogP contribution in [0.5, 0.6) is 0 Å². The minimum absolute atomic E-state index is 0.886. The highest BCUT2D eigenvalue weighted by atomic mass is 15.3. The summed E-state index contributed by atoms with van der Waals surface area (Å²) in [6.07, 6.45) is 5.62. The molecule has 0 atom stereocenters. The Balaban J connectivity index is 1.40. The van der Waals surface area contributed by atoms with E-state index >= 15 is 0 Å². The summed E-state index contributed by atoms with van der Waals surface area (Å²) >= 11 is 0. The second-order valence-corrected chi connectivity index (χ2v) is 6.86. The molecule has 3 heterocycles. The molecule has 0 bridgehead atoms. The van der Waals surface area contributed by atoms with Crippen LogP contribution in [0.3, 0.4) is 0 Å². The largest absolute Gasteiger partial charge is 0.306 e. The molecule has 104 valence electrons. The molecule has 0 aromatic carbocycles. The molecular formula is C15H29N3. The maximum absolute atomic E-state index is 2.76. The van der Waals surface area contributed by atoms with Gasteiger partial charge in [-0.2, -0.15) is 0 Å². The Morgan fingerprint density at radius 3 is 1.94 bits per heavy atom. The molecule has 3 heteroatoms. The van der Waals surface area contributed by atoms with Crippen LogP contribution >= 0.6 is 0 Å². The minimum atomic E-state index is 0.886. The fourth-order valence-corrected chi connectivity index (χ4v) is 3.77. The predicted octanol–water partition coefficient (Wildman–Crippen LogP) is 1.50. The highest BCUT2D eigenvalue weighted by Gasteiger charge is 2.37. The van der Waals surface area contributed by atoms with Crippen molar-refractivity contribution in [3.05, 3.63) is 0 Å². The van der Waals surface area contributed by atoms with Gasteiger partial charge in [0.15, 0.2) is 0 Å². The zero-order chi connectivity index (χ0) is 12.5. The van der Waals surface area contributed by atoms with Gasteiger partial charge in [-0.25, -0.2) is 0 Å². The van der Waals surface area contributed by atoms with E-state index in [4.69, 9.17) is 0 Å². The lowest BCUT2D eigenvalue weighted by Gasteiger charge is -2.51. The van der Waals surface area contributed by atoms with Crippen LogP contribution in [0.15, 0.2) is 0 Å². The van der Waals surface area contributed by atoms with Crippen molar-refractivity contribution >= 4 is 0 Å². The lowest BCUT2D eigenvalue weighted by atomic mass is 9.93. The van der Waals surface area contributed by atoms with Gasteiger partial charge in [-0.1, -0.05) is 6.92 Å². The maximum Gasteiger partial charge on any atom is 0.0350 e. The van der Waals surface area contributed by atoms with E-state index in [-0.39, 0.29) is 0 Å². The molecule has 0 aliphatic carbocycles. The first-order chi connectivity index (χ1) is 8.72. The third-order valence-corrected chi connectivity index (χ3v) is 5.43. The number of hydrogen-bond acceptors (Lipinski definition) is 3. The summed E-state index contributed by atoms with van der Waals surface area (Å²) in [6.45, 7) is 10.4. The fourth-order valence-electron chi connectivity index (χ4n) is 3.77. The van der Waals surface area contributed by atoms with Crippen molar-refractivity contribution in [3.63, 3.8) is 0 Å². The van der Waals surface area contributed by atoms with E-state index in [1.807, 2.05) is 0 Å². The second kappa shape index (κ2) is 5.48. The van der Waals surface area contributed by atoms with Crippen molar-refractivity contribution in [2.24, 2.45) is 5.92 Å². The van der Waals surface area contributed by atoms with E-state index in [2.05, 4.69) is 28.7 Å². The number of nitrogens with zero attached hydrogens (tertiary/aromatic N) is 3. The van der Waals surface area contributed by atoms with Crippen molar-refractivity contribution in [1.82, 2.24) is 14.7 Å². The van der Waals surface area contributed by atoms with Crippen LogP contribution in [0.1, 0.15) is 32.6 Å². The molecule has 3 rings (SSSR count). The molecule has 18 heavy (non-hydrogen) atoms. The third kappa shape index (κ3) is 2.73. The topological polar surface area (TPSA) is 9.72 Å². The third-order valence-electron chi connectivity index (χ3n) is 5.43. The highest BCUT2D eigenvalue weighted by Crippen LogP contribution is 2.26. The molecular weight excluding hydrogens is 222 g/mol. The van der Waals surface area contributed by atoms with Crippen molar-refractivity contribution in [2.45, 2.75) is 44.7 Å². The standard InChI is InChI=1S/C15H29N3/c1-13-3-9-17(10-4-13)15-11-18(12-15)14-5-7-16(2)8-6-14/h13-15H,3-12H2,1-2H3. The smallest absolute Gasteiger partial charge is 0.0350 e. The van der Waals surface area contributed by atoms with E-state index in [0.29, 0.717) is 0 Å². The average molecular weight is 251 g/mol. The van der Waals surface area contributed by atoms with Crippen LogP contribution in [0, 0.1) is 5.92 Å². The number of likely N-dealkylation sites (tertiary alicyclic amines) is 3. The Kier molecular flexibility index (Phi) is 3.92. The summed E-state index contributed by atoms with van der Waals surface area (Å²) in [5.74, 6) is 0.964. The summed E-state index contributed by atoms with van der Waals surface area (Å²) in [6, 6.07) is 1.78. The lowest BCUT2D eigenvalue weighted by Crippen LogP contribution is -2.64. The molecule has 0 N–H and O–H groups in total. The van der Waals surface area contributed by atoms with Crippen molar-refractivity contribution in [2.75, 3.05) is 46.3 Å². The van der Waals surface area contributed by atoms with Gasteiger partial charge in [-0.3, -0.25) is 9.80 Å². The predicted molar refractivity (Wildman–Crippen MR) is 75.9 cm³/mol. The maximum atomic E-state index is 2.76. The quantitative estimate of drug-likeness (QED) is 0.736.